The molecule has 0 aliphatic carbocycles. The van der Waals surface area contributed by atoms with Gasteiger partial charge in [0.1, 0.15) is 5.82 Å². The molecule has 2 aromatic rings. The minimum atomic E-state index is -0.354. The molecule has 1 aliphatic rings. The van der Waals surface area contributed by atoms with Crippen molar-refractivity contribution in [1.29, 1.82) is 0 Å². The summed E-state index contributed by atoms with van der Waals surface area (Å²) in [4.78, 5) is 25.9. The molecule has 1 aromatic heterocycles. The van der Waals surface area contributed by atoms with Crippen molar-refractivity contribution >= 4 is 11.8 Å². The number of benzene rings is 1. The van der Waals surface area contributed by atoms with E-state index in [9.17, 15) is 14.0 Å². The summed E-state index contributed by atoms with van der Waals surface area (Å²) in [6, 6.07) is 7.70. The van der Waals surface area contributed by atoms with Gasteiger partial charge in [-0.1, -0.05) is 6.07 Å². The molecule has 8 heteroatoms. The average Bonchev–Trinajstić information content (AvgIpc) is 3.13. The van der Waals surface area contributed by atoms with E-state index in [2.05, 4.69) is 20.6 Å². The number of nitrogens with one attached hydrogen (secondary N) is 2. The molecule has 138 valence electrons. The zero-order valence-electron chi connectivity index (χ0n) is 14.6. The molecule has 3 rings (SSSR count). The van der Waals surface area contributed by atoms with Crippen molar-refractivity contribution in [3.8, 4) is 5.69 Å². The number of hydrogen-bond acceptors (Lipinski definition) is 4. The molecule has 7 nitrogen and oxygen atoms in total. The highest BCUT2D eigenvalue weighted by atomic mass is 19.1. The van der Waals surface area contributed by atoms with Gasteiger partial charge < -0.3 is 10.6 Å². The van der Waals surface area contributed by atoms with E-state index in [-0.39, 0.29) is 23.7 Å². The molecule has 1 aliphatic heterocycles. The van der Waals surface area contributed by atoms with Crippen LogP contribution in [0.2, 0.25) is 0 Å². The summed E-state index contributed by atoms with van der Waals surface area (Å²) in [5.41, 5.74) is 0.855. The van der Waals surface area contributed by atoms with Crippen LogP contribution in [0.3, 0.4) is 0 Å². The number of hydrogen-bond donors (Lipinski definition) is 2. The molecule has 1 fully saturated rings. The number of amides is 2. The Morgan fingerprint density at radius 3 is 2.73 bits per heavy atom. The lowest BCUT2D eigenvalue weighted by molar-refractivity contribution is -0.122. The third-order valence-corrected chi connectivity index (χ3v) is 4.46. The maximum atomic E-state index is 13.3. The van der Waals surface area contributed by atoms with E-state index in [1.54, 1.807) is 31.4 Å². The molecule has 2 heterocycles. The third-order valence-electron chi connectivity index (χ3n) is 4.46. The first kappa shape index (κ1) is 18.1. The monoisotopic (exact) mass is 359 g/mol. The fourth-order valence-electron chi connectivity index (χ4n) is 2.98. The molecular formula is C18H22FN5O2. The van der Waals surface area contributed by atoms with Gasteiger partial charge in [-0.2, -0.15) is 5.10 Å². The molecule has 1 saturated heterocycles. The number of aromatic nitrogens is 2. The minimum Gasteiger partial charge on any atom is -0.358 e. The molecule has 0 unspecified atom stereocenters. The Bertz CT molecular complexity index is 783. The van der Waals surface area contributed by atoms with Crippen molar-refractivity contribution in [3.05, 3.63) is 48.0 Å². The highest BCUT2D eigenvalue weighted by molar-refractivity contribution is 5.92. The number of nitrogens with zero attached hydrogens (tertiary/aromatic N) is 3. The highest BCUT2D eigenvalue weighted by Gasteiger charge is 2.23. The van der Waals surface area contributed by atoms with Crippen molar-refractivity contribution in [2.75, 3.05) is 26.7 Å². The Morgan fingerprint density at radius 2 is 2.04 bits per heavy atom. The van der Waals surface area contributed by atoms with Gasteiger partial charge in [0.2, 0.25) is 5.91 Å². The molecule has 2 amide bonds. The van der Waals surface area contributed by atoms with Crippen LogP contribution >= 0.6 is 0 Å². The Balaban J connectivity index is 1.54. The van der Waals surface area contributed by atoms with E-state index in [0.717, 1.165) is 25.9 Å². The Hall–Kier alpha value is -2.74. The van der Waals surface area contributed by atoms with Gasteiger partial charge in [0.15, 0.2) is 5.69 Å². The molecular weight excluding hydrogens is 337 g/mol. The summed E-state index contributed by atoms with van der Waals surface area (Å²) in [7, 11) is 1.62. The maximum Gasteiger partial charge on any atom is 0.272 e. The highest BCUT2D eigenvalue weighted by Crippen LogP contribution is 2.12. The van der Waals surface area contributed by atoms with Gasteiger partial charge in [0.05, 0.1) is 12.2 Å². The fourth-order valence-corrected chi connectivity index (χ4v) is 2.98. The van der Waals surface area contributed by atoms with Crippen LogP contribution in [0, 0.1) is 5.82 Å². The fraction of sp³-hybridized carbons (Fsp3) is 0.389. The zero-order chi connectivity index (χ0) is 18.5. The summed E-state index contributed by atoms with van der Waals surface area (Å²) in [6.45, 7) is 1.90. The molecule has 0 bridgehead atoms. The van der Waals surface area contributed by atoms with Gasteiger partial charge in [0.25, 0.3) is 5.91 Å². The summed E-state index contributed by atoms with van der Waals surface area (Å²) in [5, 5.41) is 9.82. The summed E-state index contributed by atoms with van der Waals surface area (Å²) in [5.74, 6) is -0.604. The van der Waals surface area contributed by atoms with Gasteiger partial charge in [-0.25, -0.2) is 9.07 Å². The second-order valence-electron chi connectivity index (χ2n) is 6.32. The van der Waals surface area contributed by atoms with Crippen LogP contribution in [0.25, 0.3) is 5.69 Å². The lowest BCUT2D eigenvalue weighted by Crippen LogP contribution is -2.47. The van der Waals surface area contributed by atoms with Crippen LogP contribution in [0.15, 0.2) is 36.5 Å². The summed E-state index contributed by atoms with van der Waals surface area (Å²) < 4.78 is 14.8. The molecule has 0 atom stereocenters. The third kappa shape index (κ3) is 4.45. The quantitative estimate of drug-likeness (QED) is 0.833. The topological polar surface area (TPSA) is 79.3 Å². The number of piperidine rings is 1. The van der Waals surface area contributed by atoms with Crippen LogP contribution in [0.1, 0.15) is 23.3 Å². The van der Waals surface area contributed by atoms with Gasteiger partial charge in [0, 0.05) is 32.4 Å². The lowest BCUT2D eigenvalue weighted by atomic mass is 10.0. The Kier molecular flexibility index (Phi) is 5.62. The largest absolute Gasteiger partial charge is 0.358 e. The van der Waals surface area contributed by atoms with Crippen molar-refractivity contribution in [3.63, 3.8) is 0 Å². The second kappa shape index (κ2) is 8.09. The Labute approximate surface area is 151 Å². The predicted molar refractivity (Wildman–Crippen MR) is 94.5 cm³/mol. The van der Waals surface area contributed by atoms with E-state index in [1.807, 2.05) is 0 Å². The van der Waals surface area contributed by atoms with E-state index in [1.165, 1.54) is 16.8 Å². The molecule has 0 radical (unpaired) electrons. The van der Waals surface area contributed by atoms with E-state index < -0.39 is 0 Å². The first-order chi connectivity index (χ1) is 12.5. The first-order valence-corrected chi connectivity index (χ1v) is 8.60. The van der Waals surface area contributed by atoms with Gasteiger partial charge in [-0.15, -0.1) is 0 Å². The minimum absolute atomic E-state index is 0.00428. The zero-order valence-corrected chi connectivity index (χ0v) is 14.6. The van der Waals surface area contributed by atoms with Crippen molar-refractivity contribution in [2.24, 2.45) is 0 Å². The van der Waals surface area contributed by atoms with Crippen LogP contribution in [0.5, 0.6) is 0 Å². The standard InChI is InChI=1S/C18H22FN5O2/c1-20-17(25)12-23-8-5-14(6-9-23)21-18(26)16-7-10-24(22-16)15-4-2-3-13(19)11-15/h2-4,7,10-11,14H,5-6,8-9,12H2,1H3,(H,20,25)(H,21,26). The molecule has 26 heavy (non-hydrogen) atoms. The molecule has 0 saturated carbocycles. The van der Waals surface area contributed by atoms with E-state index in [4.69, 9.17) is 0 Å². The number of carbonyl (C=O) groups excluding carboxylic acids is 2. The molecule has 0 spiro atoms. The number of carbonyl (C=O) groups is 2. The summed E-state index contributed by atoms with van der Waals surface area (Å²) >= 11 is 0. The van der Waals surface area contributed by atoms with Crippen LogP contribution in [-0.2, 0) is 4.79 Å². The van der Waals surface area contributed by atoms with Gasteiger partial charge in [-0.05, 0) is 37.1 Å². The van der Waals surface area contributed by atoms with Crippen molar-refractivity contribution < 1.29 is 14.0 Å². The average molecular weight is 359 g/mol. The van der Waals surface area contributed by atoms with E-state index in [0.29, 0.717) is 17.9 Å². The van der Waals surface area contributed by atoms with E-state index >= 15 is 0 Å². The SMILES string of the molecule is CNC(=O)CN1CCC(NC(=O)c2ccn(-c3cccc(F)c3)n2)CC1. The Morgan fingerprint density at radius 1 is 1.27 bits per heavy atom. The number of likely N-dealkylation sites (tertiary alicyclic amines) is 1. The maximum absolute atomic E-state index is 13.3. The normalized spacial score (nSPS) is 15.6. The first-order valence-electron chi connectivity index (χ1n) is 8.60. The number of halogens is 1. The van der Waals surface area contributed by atoms with Gasteiger partial charge >= 0.3 is 0 Å². The van der Waals surface area contributed by atoms with Crippen LogP contribution in [0.4, 0.5) is 4.39 Å². The predicted octanol–water partition coefficient (Wildman–Crippen LogP) is 0.952. The van der Waals surface area contributed by atoms with Crippen molar-refractivity contribution in [2.45, 2.75) is 18.9 Å². The van der Waals surface area contributed by atoms with Crippen LogP contribution in [-0.4, -0.2) is 59.2 Å². The van der Waals surface area contributed by atoms with Crippen molar-refractivity contribution in [1.82, 2.24) is 25.3 Å². The number of rotatable bonds is 5. The number of likely N-dealkylation sites (N-methyl/N-ethyl adjacent to an activating group) is 1. The molecule has 2 N–H and O–H groups in total. The molecule has 1 aromatic carbocycles. The smallest absolute Gasteiger partial charge is 0.272 e. The second-order valence-corrected chi connectivity index (χ2v) is 6.32. The van der Waals surface area contributed by atoms with Gasteiger partial charge in [-0.3, -0.25) is 14.5 Å². The van der Waals surface area contributed by atoms with Crippen LogP contribution < -0.4 is 10.6 Å². The summed E-state index contributed by atoms with van der Waals surface area (Å²) in [6.07, 6.45) is 3.20. The lowest BCUT2D eigenvalue weighted by Gasteiger charge is -2.31.